The Bertz CT molecular complexity index is 6560. The summed E-state index contributed by atoms with van der Waals surface area (Å²) in [4.78, 5) is 38.6. The third-order valence-electron chi connectivity index (χ3n) is 21.8. The monoisotopic (exact) mass is 1400 g/mol. The molecule has 0 atom stereocenters. The van der Waals surface area contributed by atoms with Crippen LogP contribution in [0.3, 0.4) is 0 Å². The van der Waals surface area contributed by atoms with Gasteiger partial charge in [-0.15, -0.1) is 0 Å². The van der Waals surface area contributed by atoms with Crippen LogP contribution < -0.4 is 0 Å². The number of aromatic amines is 4. The highest BCUT2D eigenvalue weighted by Crippen LogP contribution is 2.45. The van der Waals surface area contributed by atoms with Gasteiger partial charge < -0.3 is 19.9 Å². The predicted octanol–water partition coefficient (Wildman–Crippen LogP) is 25.8. The number of hydrogen-bond acceptors (Lipinski definition) is 4. The summed E-state index contributed by atoms with van der Waals surface area (Å²) in [6.45, 7) is 24.3. The molecule has 524 valence electrons. The summed E-state index contributed by atoms with van der Waals surface area (Å²) in [6.07, 6.45) is 17.4. The van der Waals surface area contributed by atoms with Gasteiger partial charge in [0.05, 0.1) is 45.6 Å². The van der Waals surface area contributed by atoms with Crippen molar-refractivity contribution < 1.29 is 0 Å². The molecule has 10 heterocycles. The van der Waals surface area contributed by atoms with Crippen molar-refractivity contribution in [2.45, 2.75) is 76.2 Å². The molecule has 4 aliphatic rings. The van der Waals surface area contributed by atoms with E-state index in [1.165, 1.54) is 55.6 Å². The maximum Gasteiger partial charge on any atom is 0.0737 e. The summed E-state index contributed by atoms with van der Waals surface area (Å²) in [5.41, 5.74) is 46.3. The first kappa shape index (κ1) is 67.4. The second-order valence-electron chi connectivity index (χ2n) is 29.7. The summed E-state index contributed by atoms with van der Waals surface area (Å²) >= 11 is 0. The zero-order valence-electron chi connectivity index (χ0n) is 63.1. The molecule has 0 amide bonds. The molecule has 4 aliphatic heterocycles. The van der Waals surface area contributed by atoms with Crippen LogP contribution in [-0.2, 0) is 0 Å². The van der Waals surface area contributed by atoms with E-state index in [0.29, 0.717) is 0 Å². The lowest BCUT2D eigenvalue weighted by molar-refractivity contribution is 1.27. The quantitative estimate of drug-likeness (QED) is 0.113. The van der Waals surface area contributed by atoms with Gasteiger partial charge in [-0.1, -0.05) is 168 Å². The number of rotatable bonds is 8. The van der Waals surface area contributed by atoms with Gasteiger partial charge in [-0.25, -0.2) is 19.9 Å². The molecule has 0 spiro atoms. The van der Waals surface area contributed by atoms with Gasteiger partial charge in [0.15, 0.2) is 0 Å². The fourth-order valence-electron chi connectivity index (χ4n) is 17.5. The van der Waals surface area contributed by atoms with Gasteiger partial charge in [-0.05, 0) is 287 Å². The van der Waals surface area contributed by atoms with Crippen molar-refractivity contribution >= 4 is 92.7 Å². The maximum absolute atomic E-state index is 5.74. The number of aromatic nitrogens is 8. The lowest BCUT2D eigenvalue weighted by Gasteiger charge is -2.14. The summed E-state index contributed by atoms with van der Waals surface area (Å²) in [6, 6.07) is 76.2. The minimum absolute atomic E-state index is 0.848. The van der Waals surface area contributed by atoms with Crippen molar-refractivity contribution in [3.63, 3.8) is 0 Å². The third kappa shape index (κ3) is 12.2. The first-order valence-electron chi connectivity index (χ1n) is 37.5. The molecule has 0 saturated carbocycles. The van der Waals surface area contributed by atoms with E-state index in [9.17, 15) is 0 Å². The number of hydrogen-bond donors (Lipinski definition) is 4. The molecule has 0 fully saturated rings. The predicted molar refractivity (Wildman–Crippen MR) is 459 cm³/mol. The van der Waals surface area contributed by atoms with E-state index >= 15 is 0 Å². The third-order valence-corrected chi connectivity index (χ3v) is 21.8. The first-order valence-corrected chi connectivity index (χ1v) is 37.5. The second kappa shape index (κ2) is 27.1. The molecular weight excluding hydrogens is 1330 g/mol. The molecule has 0 radical (unpaired) electrons. The minimum atomic E-state index is 0.848. The summed E-state index contributed by atoms with van der Waals surface area (Å²) in [5, 5.41) is 0. The molecule has 0 unspecified atom stereocenters. The summed E-state index contributed by atoms with van der Waals surface area (Å²) in [7, 11) is 0. The second-order valence-corrected chi connectivity index (χ2v) is 29.7. The van der Waals surface area contributed by atoms with Crippen molar-refractivity contribution in [1.29, 1.82) is 0 Å². The number of benzene rings is 8. The molecule has 8 aromatic carbocycles. The molecule has 6 aromatic heterocycles. The van der Waals surface area contributed by atoms with Crippen LogP contribution in [0.2, 0.25) is 0 Å². The Morgan fingerprint density at radius 3 is 0.642 bits per heavy atom. The maximum atomic E-state index is 5.74. The summed E-state index contributed by atoms with van der Waals surface area (Å²) in [5.74, 6) is 7.23. The van der Waals surface area contributed by atoms with E-state index in [1.807, 2.05) is 0 Å². The fourth-order valence-corrected chi connectivity index (χ4v) is 17.5. The average molecular weight is 1410 g/mol. The molecule has 14 aromatic rings. The smallest absolute Gasteiger partial charge is 0.0737 e. The topological polar surface area (TPSA) is 115 Å². The molecular formula is C101H80N8. The van der Waals surface area contributed by atoms with Crippen molar-refractivity contribution in [2.75, 3.05) is 0 Å². The van der Waals surface area contributed by atoms with Crippen LogP contribution in [0.15, 0.2) is 212 Å². The minimum Gasteiger partial charge on any atom is -0.354 e. The molecule has 16 bridgehead atoms. The molecule has 0 aliphatic carbocycles. The van der Waals surface area contributed by atoms with Crippen molar-refractivity contribution in [2.24, 2.45) is 0 Å². The normalized spacial score (nSPS) is 12.1. The Balaban J connectivity index is 0.800. The Morgan fingerprint density at radius 2 is 0.394 bits per heavy atom. The zero-order chi connectivity index (χ0) is 74.5. The number of fused-ring (bicyclic) bond motifs is 16. The van der Waals surface area contributed by atoms with E-state index in [0.717, 1.165) is 195 Å². The molecule has 4 N–H and O–H groups in total. The van der Waals surface area contributed by atoms with Crippen molar-refractivity contribution in [3.05, 3.63) is 330 Å². The first-order chi connectivity index (χ1) is 53.0. The lowest BCUT2D eigenvalue weighted by Crippen LogP contribution is -1.96. The Labute approximate surface area is 635 Å². The van der Waals surface area contributed by atoms with Gasteiger partial charge in [0, 0.05) is 99.8 Å². The Morgan fingerprint density at radius 1 is 0.193 bits per heavy atom. The Kier molecular flexibility index (Phi) is 16.8. The zero-order valence-corrected chi connectivity index (χ0v) is 63.1. The van der Waals surface area contributed by atoms with Gasteiger partial charge in [0.2, 0.25) is 0 Å². The van der Waals surface area contributed by atoms with Crippen LogP contribution in [0, 0.1) is 88.0 Å². The highest BCUT2D eigenvalue weighted by atomic mass is 14.8. The van der Waals surface area contributed by atoms with Gasteiger partial charge in [-0.3, -0.25) is 0 Å². The van der Waals surface area contributed by atoms with Crippen molar-refractivity contribution in [3.8, 4) is 101 Å². The van der Waals surface area contributed by atoms with Gasteiger partial charge in [0.1, 0.15) is 0 Å². The lowest BCUT2D eigenvalue weighted by atomic mass is 9.92. The number of H-pyrrole nitrogens is 4. The SMILES string of the molecule is Cc1cc(C)c(-c2c3nc(c(-c4c(C)cc(C)cc4C)c4ccc([nH]4)c(-c4c(C)cc(C)cc4C)c4nc(c(-c5ccc(C#Cc6cc(C)c(-c7c8nc(c(-c9ccccc9)c9ccc([nH]9)c(-c9ccccc9)c9nc(c(-c%10ccccc%10)c%10ccc7[nH]%10)C=C9)C=C8)c(C)c6)cc5)c5ccc2[nH]5)C=C4)C=C3)c(C)c1. The largest absolute Gasteiger partial charge is 0.354 e. The van der Waals surface area contributed by atoms with Crippen molar-refractivity contribution in [1.82, 2.24) is 39.9 Å². The molecule has 18 rings (SSSR count). The van der Waals surface area contributed by atoms with E-state index in [2.05, 4.69) is 369 Å². The van der Waals surface area contributed by atoms with Crippen LogP contribution in [0.1, 0.15) is 118 Å². The van der Waals surface area contributed by atoms with E-state index in [-0.39, 0.29) is 0 Å². The van der Waals surface area contributed by atoms with Crippen LogP contribution >= 0.6 is 0 Å². The average Bonchev–Trinajstić information content (AvgIpc) is 1.62. The molecule has 109 heavy (non-hydrogen) atoms. The molecule has 0 saturated heterocycles. The number of nitrogens with zero attached hydrogens (tertiary/aromatic N) is 4. The van der Waals surface area contributed by atoms with E-state index in [4.69, 9.17) is 19.9 Å². The van der Waals surface area contributed by atoms with Crippen LogP contribution in [0.25, 0.3) is 182 Å². The fraction of sp³-hybridized carbons (Fsp3) is 0.109. The van der Waals surface area contributed by atoms with Crippen LogP contribution in [-0.4, -0.2) is 39.9 Å². The van der Waals surface area contributed by atoms with Crippen LogP contribution in [0.5, 0.6) is 0 Å². The van der Waals surface area contributed by atoms with E-state index in [1.54, 1.807) is 0 Å². The molecule has 8 nitrogen and oxygen atoms in total. The van der Waals surface area contributed by atoms with Gasteiger partial charge >= 0.3 is 0 Å². The van der Waals surface area contributed by atoms with Gasteiger partial charge in [-0.2, -0.15) is 0 Å². The highest BCUT2D eigenvalue weighted by Gasteiger charge is 2.26. The Hall–Kier alpha value is -13.5. The summed E-state index contributed by atoms with van der Waals surface area (Å²) < 4.78 is 0. The standard InChI is InChI=1S/C101H80N8/c1-57-49-60(4)90(61(5)50-57)98-82-43-39-80(106-82)97(81-40-44-83(107-81)99(91-62(6)51-58(2)52-63(91)7)87-46-48-89(109-87)100(88-47-45-86(98)108-88)92-64(8)53-59(3)54-65(92)9)73-31-29-68(30-32-73)27-28-69-55-66(10)93(67(11)56-69)101-84-41-37-78(104-84)95(71-23-17-13-18-24-71)76-35-33-74(102-76)94(70-21-15-12-16-22-70)75-34-36-77(103-75)96(72-25-19-14-20-26-72)79-38-42-85(101)105-79/h12-26,29-56,102,105-106,109H,1-11H3. The highest BCUT2D eigenvalue weighted by molar-refractivity contribution is 6.04. The molecule has 8 heteroatoms. The number of nitrogens with one attached hydrogen (secondary N) is 4. The van der Waals surface area contributed by atoms with Gasteiger partial charge in [0.25, 0.3) is 0 Å². The number of aryl methyl sites for hydroxylation is 11. The van der Waals surface area contributed by atoms with Crippen LogP contribution in [0.4, 0.5) is 0 Å². The van der Waals surface area contributed by atoms with E-state index < -0.39 is 0 Å².